The van der Waals surface area contributed by atoms with Crippen LogP contribution in [0.25, 0.3) is 5.57 Å². The molecule has 0 amide bonds. The first-order chi connectivity index (χ1) is 12.2. The van der Waals surface area contributed by atoms with E-state index in [0.29, 0.717) is 6.04 Å². The summed E-state index contributed by atoms with van der Waals surface area (Å²) in [5, 5.41) is 3.57. The van der Waals surface area contributed by atoms with Crippen LogP contribution in [0.5, 0.6) is 5.75 Å². The maximum atomic E-state index is 5.34. The summed E-state index contributed by atoms with van der Waals surface area (Å²) < 4.78 is 5.34. The van der Waals surface area contributed by atoms with Crippen LogP contribution in [0.4, 0.5) is 0 Å². The summed E-state index contributed by atoms with van der Waals surface area (Å²) in [5.41, 5.74) is 2.65. The van der Waals surface area contributed by atoms with Gasteiger partial charge < -0.3 is 19.9 Å². The number of hydrogen-bond acceptors (Lipinski definition) is 3. The van der Waals surface area contributed by atoms with Crippen molar-refractivity contribution in [2.24, 2.45) is 4.99 Å². The Bertz CT molecular complexity index is 646. The number of likely N-dealkylation sites (tertiary alicyclic amines) is 1. The first-order valence-electron chi connectivity index (χ1n) is 9.20. The van der Waals surface area contributed by atoms with Gasteiger partial charge in [-0.1, -0.05) is 18.2 Å². The molecule has 1 atom stereocenters. The van der Waals surface area contributed by atoms with Gasteiger partial charge in [0.15, 0.2) is 5.96 Å². The van der Waals surface area contributed by atoms with E-state index in [9.17, 15) is 0 Å². The number of aliphatic imine (C=N–C) groups is 1. The van der Waals surface area contributed by atoms with Gasteiger partial charge in [0.25, 0.3) is 0 Å². The molecule has 1 N–H and O–H groups in total. The Kier molecular flexibility index (Phi) is 8.21. The average molecular weight is 470 g/mol. The smallest absolute Gasteiger partial charge is 0.193 e. The molecule has 26 heavy (non-hydrogen) atoms. The van der Waals surface area contributed by atoms with E-state index in [1.54, 1.807) is 7.11 Å². The lowest BCUT2D eigenvalue weighted by Gasteiger charge is -2.31. The van der Waals surface area contributed by atoms with Gasteiger partial charge in [0.2, 0.25) is 0 Å². The first kappa shape index (κ1) is 21.0. The van der Waals surface area contributed by atoms with Crippen LogP contribution in [0.3, 0.4) is 0 Å². The maximum absolute atomic E-state index is 5.34. The number of methoxy groups -OCH3 is 1. The van der Waals surface area contributed by atoms with Gasteiger partial charge in [0, 0.05) is 32.7 Å². The van der Waals surface area contributed by atoms with Gasteiger partial charge >= 0.3 is 0 Å². The molecule has 1 aromatic rings. The van der Waals surface area contributed by atoms with Gasteiger partial charge in [-0.05, 0) is 56.1 Å². The largest absolute Gasteiger partial charge is 0.497 e. The molecule has 0 aliphatic carbocycles. The van der Waals surface area contributed by atoms with Crippen LogP contribution < -0.4 is 10.1 Å². The van der Waals surface area contributed by atoms with Gasteiger partial charge in [-0.25, -0.2) is 0 Å². The van der Waals surface area contributed by atoms with Gasteiger partial charge in [-0.15, -0.1) is 24.0 Å². The highest BCUT2D eigenvalue weighted by Crippen LogP contribution is 2.25. The Hall–Kier alpha value is -1.28. The first-order valence-corrected chi connectivity index (χ1v) is 9.20. The van der Waals surface area contributed by atoms with E-state index in [-0.39, 0.29) is 24.0 Å². The number of nitrogens with zero attached hydrogens (tertiary/aromatic N) is 3. The van der Waals surface area contributed by atoms with E-state index in [4.69, 9.17) is 4.74 Å². The van der Waals surface area contributed by atoms with Crippen LogP contribution in [0.1, 0.15) is 24.8 Å². The molecule has 1 saturated heterocycles. The van der Waals surface area contributed by atoms with Crippen LogP contribution >= 0.6 is 24.0 Å². The summed E-state index contributed by atoms with van der Waals surface area (Å²) in [7, 11) is 5.81. The van der Waals surface area contributed by atoms with Gasteiger partial charge in [0.05, 0.1) is 7.11 Å². The number of guanidine groups is 1. The molecular weight excluding hydrogens is 439 g/mol. The Labute approximate surface area is 174 Å². The number of halogens is 1. The van der Waals surface area contributed by atoms with E-state index >= 15 is 0 Å². The van der Waals surface area contributed by atoms with Crippen molar-refractivity contribution in [3.8, 4) is 5.75 Å². The molecule has 0 bridgehead atoms. The highest BCUT2D eigenvalue weighted by molar-refractivity contribution is 14.0. The van der Waals surface area contributed by atoms with Crippen molar-refractivity contribution in [3.05, 3.63) is 35.9 Å². The quantitative estimate of drug-likeness (QED) is 0.417. The molecule has 0 saturated carbocycles. The number of rotatable bonds is 4. The molecule has 0 spiro atoms. The third-order valence-corrected chi connectivity index (χ3v) is 5.33. The third-order valence-electron chi connectivity index (χ3n) is 5.33. The second-order valence-electron chi connectivity index (χ2n) is 6.86. The van der Waals surface area contributed by atoms with E-state index < -0.39 is 0 Å². The minimum Gasteiger partial charge on any atom is -0.497 e. The predicted octanol–water partition coefficient (Wildman–Crippen LogP) is 3.07. The van der Waals surface area contributed by atoms with Gasteiger partial charge in [-0.3, -0.25) is 4.99 Å². The van der Waals surface area contributed by atoms with E-state index in [1.807, 2.05) is 13.1 Å². The van der Waals surface area contributed by atoms with Crippen molar-refractivity contribution in [1.29, 1.82) is 0 Å². The Morgan fingerprint density at radius 3 is 2.81 bits per heavy atom. The van der Waals surface area contributed by atoms with Crippen molar-refractivity contribution in [1.82, 2.24) is 15.1 Å². The zero-order valence-corrected chi connectivity index (χ0v) is 18.4. The van der Waals surface area contributed by atoms with Crippen LogP contribution in [0.2, 0.25) is 0 Å². The number of ether oxygens (including phenoxy) is 1. The van der Waals surface area contributed by atoms with E-state index in [0.717, 1.165) is 37.8 Å². The highest BCUT2D eigenvalue weighted by Gasteiger charge is 2.22. The molecule has 144 valence electrons. The highest BCUT2D eigenvalue weighted by atomic mass is 127. The molecule has 0 radical (unpaired) electrons. The molecule has 5 nitrogen and oxygen atoms in total. The summed E-state index contributed by atoms with van der Waals surface area (Å²) in [5.74, 6) is 1.93. The topological polar surface area (TPSA) is 40.1 Å². The Morgan fingerprint density at radius 1 is 1.35 bits per heavy atom. The van der Waals surface area contributed by atoms with Crippen LogP contribution in [-0.4, -0.2) is 69.2 Å². The van der Waals surface area contributed by atoms with Crippen LogP contribution in [-0.2, 0) is 0 Å². The number of likely N-dealkylation sites (N-methyl/N-ethyl adjacent to an activating group) is 1. The lowest BCUT2D eigenvalue weighted by Crippen LogP contribution is -2.47. The van der Waals surface area contributed by atoms with E-state index in [2.05, 4.69) is 51.4 Å². The molecular formula is C20H31IN4O. The maximum Gasteiger partial charge on any atom is 0.193 e. The minimum atomic E-state index is 0. The van der Waals surface area contributed by atoms with Crippen LogP contribution in [0.15, 0.2) is 35.3 Å². The summed E-state index contributed by atoms with van der Waals surface area (Å²) in [6.45, 7) is 4.07. The number of hydrogen-bond donors (Lipinski definition) is 1. The van der Waals surface area contributed by atoms with Crippen molar-refractivity contribution in [2.45, 2.75) is 25.3 Å². The fourth-order valence-electron chi connectivity index (χ4n) is 3.73. The third kappa shape index (κ3) is 5.13. The van der Waals surface area contributed by atoms with Gasteiger partial charge in [-0.2, -0.15) is 0 Å². The average Bonchev–Trinajstić information content (AvgIpc) is 3.08. The fraction of sp³-hybridized carbons (Fsp3) is 0.550. The molecule has 0 aromatic heterocycles. The van der Waals surface area contributed by atoms with Crippen LogP contribution in [0, 0.1) is 0 Å². The Balaban J connectivity index is 0.00000243. The zero-order chi connectivity index (χ0) is 17.6. The van der Waals surface area contributed by atoms with Crippen molar-refractivity contribution >= 4 is 35.5 Å². The lowest BCUT2D eigenvalue weighted by atomic mass is 9.99. The monoisotopic (exact) mass is 470 g/mol. The molecule has 6 heteroatoms. The lowest BCUT2D eigenvalue weighted by molar-refractivity contribution is 0.306. The molecule has 2 aliphatic heterocycles. The predicted molar refractivity (Wildman–Crippen MR) is 120 cm³/mol. The molecule has 3 rings (SSSR count). The summed E-state index contributed by atoms with van der Waals surface area (Å²) in [4.78, 5) is 9.26. The number of nitrogens with one attached hydrogen (secondary N) is 1. The Morgan fingerprint density at radius 2 is 2.19 bits per heavy atom. The zero-order valence-electron chi connectivity index (χ0n) is 16.1. The second kappa shape index (κ2) is 10.2. The molecule has 1 aromatic carbocycles. The van der Waals surface area contributed by atoms with Crippen molar-refractivity contribution in [2.75, 3.05) is 47.4 Å². The normalized spacial score (nSPS) is 21.2. The SMILES string of the molecule is CN=C(NCC1CCCN1C)N1CC=C(c2cccc(OC)c2)CC1.I. The standard InChI is InChI=1S/C20H30N4O.HI/c1-21-20(22-15-18-7-5-11-23(18)2)24-12-9-16(10-13-24)17-6-4-8-19(14-17)25-3;/h4,6,8-9,14,18H,5,7,10-13,15H2,1-3H3,(H,21,22);1H. The number of benzene rings is 1. The second-order valence-corrected chi connectivity index (χ2v) is 6.86. The van der Waals surface area contributed by atoms with Crippen molar-refractivity contribution in [3.63, 3.8) is 0 Å². The summed E-state index contributed by atoms with van der Waals surface area (Å²) in [6, 6.07) is 8.95. The summed E-state index contributed by atoms with van der Waals surface area (Å²) >= 11 is 0. The molecule has 2 heterocycles. The van der Waals surface area contributed by atoms with E-state index in [1.165, 1.54) is 30.5 Å². The molecule has 1 fully saturated rings. The molecule has 2 aliphatic rings. The fourth-order valence-corrected chi connectivity index (χ4v) is 3.73. The molecule has 1 unspecified atom stereocenters. The minimum absolute atomic E-state index is 0. The summed E-state index contributed by atoms with van der Waals surface area (Å²) in [6.07, 6.45) is 5.92. The van der Waals surface area contributed by atoms with Crippen molar-refractivity contribution < 1.29 is 4.74 Å². The van der Waals surface area contributed by atoms with Gasteiger partial charge in [0.1, 0.15) is 5.75 Å².